The number of nitrogens with zero attached hydrogens (tertiary/aromatic N) is 4. The Balaban J connectivity index is 1.64. The number of benzene rings is 2. The molecule has 0 aliphatic rings. The monoisotopic (exact) mass is 449 g/mol. The summed E-state index contributed by atoms with van der Waals surface area (Å²) in [5.41, 5.74) is 0.0873. The molecule has 0 amide bonds. The third-order valence-electron chi connectivity index (χ3n) is 4.39. The molecule has 2 aromatic carbocycles. The molecule has 0 radical (unpaired) electrons. The maximum atomic E-state index is 14.3. The molecule has 4 aromatic rings. The van der Waals surface area contributed by atoms with Crippen molar-refractivity contribution in [3.63, 3.8) is 0 Å². The molecule has 0 unspecified atom stereocenters. The van der Waals surface area contributed by atoms with E-state index in [1.807, 2.05) is 0 Å². The van der Waals surface area contributed by atoms with E-state index in [1.54, 1.807) is 23.1 Å². The molecular weight excluding hydrogens is 435 g/mol. The van der Waals surface area contributed by atoms with Gasteiger partial charge >= 0.3 is 0 Å². The van der Waals surface area contributed by atoms with Gasteiger partial charge in [0.05, 0.1) is 17.1 Å². The lowest BCUT2D eigenvalue weighted by Gasteiger charge is -2.10. The van der Waals surface area contributed by atoms with Gasteiger partial charge in [0, 0.05) is 30.2 Å². The first-order valence-corrected chi connectivity index (χ1v) is 9.37. The minimum Gasteiger partial charge on any atom is -0.409 e. The molecule has 2 heterocycles. The van der Waals surface area contributed by atoms with Crippen LogP contribution < -0.4 is 10.6 Å². The number of anilines is 2. The fraction of sp³-hybridized carbons (Fsp3) is 0.105. The minimum absolute atomic E-state index is 0.00414. The van der Waals surface area contributed by atoms with Crippen LogP contribution in [0.1, 0.15) is 5.56 Å². The van der Waals surface area contributed by atoms with Crippen molar-refractivity contribution in [3.8, 4) is 0 Å². The number of rotatable bonds is 6. The molecule has 31 heavy (non-hydrogen) atoms. The van der Waals surface area contributed by atoms with Crippen LogP contribution in [0.2, 0.25) is 5.02 Å². The molecule has 2 aromatic heterocycles. The maximum absolute atomic E-state index is 14.3. The van der Waals surface area contributed by atoms with Crippen molar-refractivity contribution >= 4 is 40.1 Å². The number of H-pyrrole nitrogens is 1. The summed E-state index contributed by atoms with van der Waals surface area (Å²) in [5, 5.41) is 22.2. The van der Waals surface area contributed by atoms with Gasteiger partial charge in [-0.2, -0.15) is 5.10 Å². The molecule has 4 N–H and O–H groups in total. The number of amidine groups is 1. The van der Waals surface area contributed by atoms with Gasteiger partial charge < -0.3 is 20.8 Å². The third kappa shape index (κ3) is 4.26. The van der Waals surface area contributed by atoms with Gasteiger partial charge in [-0.05, 0) is 30.3 Å². The maximum Gasteiger partial charge on any atom is 0.201 e. The largest absolute Gasteiger partial charge is 0.409 e. The fourth-order valence-corrected chi connectivity index (χ4v) is 3.13. The predicted molar refractivity (Wildman–Crippen MR) is 110 cm³/mol. The van der Waals surface area contributed by atoms with Crippen LogP contribution >= 0.6 is 11.6 Å². The quantitative estimate of drug-likeness (QED) is 0.153. The van der Waals surface area contributed by atoms with Crippen molar-refractivity contribution in [1.82, 2.24) is 19.7 Å². The van der Waals surface area contributed by atoms with Crippen LogP contribution in [-0.4, -0.2) is 37.3 Å². The van der Waals surface area contributed by atoms with Crippen LogP contribution in [0.5, 0.6) is 0 Å². The zero-order chi connectivity index (χ0) is 22.0. The van der Waals surface area contributed by atoms with E-state index in [1.165, 1.54) is 12.1 Å². The van der Waals surface area contributed by atoms with E-state index in [9.17, 15) is 18.4 Å². The van der Waals surface area contributed by atoms with E-state index in [0.29, 0.717) is 13.1 Å². The number of imidazole rings is 1. The van der Waals surface area contributed by atoms with Gasteiger partial charge in [-0.15, -0.1) is 0 Å². The molecule has 160 valence electrons. The van der Waals surface area contributed by atoms with Crippen LogP contribution in [0.15, 0.2) is 47.9 Å². The van der Waals surface area contributed by atoms with E-state index in [2.05, 4.69) is 30.9 Å². The standard InChI is InChI=1S/C19H15ClF3N7O/c20-12-8-10(2-3-13(12)21)26-18(29-31)11-9-14(22)15(23)17-16(11)27-19(28-17)24-5-7-30-6-1-4-25-30/h1-4,6,8-9,31H,5,7H2,(H,26,29)(H2,24,27,28). The van der Waals surface area contributed by atoms with Crippen molar-refractivity contribution in [2.24, 2.45) is 5.16 Å². The summed E-state index contributed by atoms with van der Waals surface area (Å²) in [6.07, 6.45) is 3.42. The molecule has 0 spiro atoms. The molecule has 0 saturated carbocycles. The third-order valence-corrected chi connectivity index (χ3v) is 4.68. The van der Waals surface area contributed by atoms with Gasteiger partial charge in [0.25, 0.3) is 0 Å². The van der Waals surface area contributed by atoms with Crippen LogP contribution in [0.25, 0.3) is 11.0 Å². The Morgan fingerprint density at radius 2 is 2.06 bits per heavy atom. The normalized spacial score (nSPS) is 11.8. The highest BCUT2D eigenvalue weighted by Crippen LogP contribution is 2.26. The fourth-order valence-electron chi connectivity index (χ4n) is 2.95. The first-order chi connectivity index (χ1) is 15.0. The van der Waals surface area contributed by atoms with Gasteiger partial charge in [-0.3, -0.25) is 4.68 Å². The molecule has 0 fully saturated rings. The van der Waals surface area contributed by atoms with E-state index >= 15 is 0 Å². The second kappa shape index (κ2) is 8.56. The molecular formula is C19H15ClF3N7O. The van der Waals surface area contributed by atoms with Crippen molar-refractivity contribution < 1.29 is 18.4 Å². The molecule has 0 saturated heterocycles. The van der Waals surface area contributed by atoms with Gasteiger partial charge in [0.2, 0.25) is 5.95 Å². The first-order valence-electron chi connectivity index (χ1n) is 8.99. The van der Waals surface area contributed by atoms with Crippen molar-refractivity contribution in [1.29, 1.82) is 0 Å². The zero-order valence-corrected chi connectivity index (χ0v) is 16.5. The average molecular weight is 450 g/mol. The highest BCUT2D eigenvalue weighted by Gasteiger charge is 2.20. The second-order valence-electron chi connectivity index (χ2n) is 6.43. The zero-order valence-electron chi connectivity index (χ0n) is 15.7. The molecule has 12 heteroatoms. The first kappa shape index (κ1) is 20.5. The smallest absolute Gasteiger partial charge is 0.201 e. The summed E-state index contributed by atoms with van der Waals surface area (Å²) in [5.74, 6) is -3.01. The SMILES string of the molecule is O/N=C(/Nc1ccc(F)c(Cl)c1)c1cc(F)c(F)c2nc(NCCn3cccn3)[nH]c12. The van der Waals surface area contributed by atoms with Crippen molar-refractivity contribution in [2.75, 3.05) is 17.2 Å². The van der Waals surface area contributed by atoms with Gasteiger partial charge in [0.1, 0.15) is 11.3 Å². The van der Waals surface area contributed by atoms with Gasteiger partial charge in [-0.25, -0.2) is 18.2 Å². The Kier molecular flexibility index (Phi) is 5.67. The number of hydrogen-bond donors (Lipinski definition) is 4. The summed E-state index contributed by atoms with van der Waals surface area (Å²) in [6.45, 7) is 0.929. The van der Waals surface area contributed by atoms with Crippen molar-refractivity contribution in [2.45, 2.75) is 6.54 Å². The average Bonchev–Trinajstić information content (AvgIpc) is 3.42. The molecule has 0 aliphatic heterocycles. The van der Waals surface area contributed by atoms with Crippen LogP contribution in [0, 0.1) is 17.5 Å². The lowest BCUT2D eigenvalue weighted by Crippen LogP contribution is -2.15. The number of aromatic amines is 1. The highest BCUT2D eigenvalue weighted by atomic mass is 35.5. The van der Waals surface area contributed by atoms with Gasteiger partial charge in [-0.1, -0.05) is 16.8 Å². The Labute approximate surface area is 178 Å². The van der Waals surface area contributed by atoms with E-state index in [-0.39, 0.29) is 39.1 Å². The Morgan fingerprint density at radius 3 is 2.77 bits per heavy atom. The van der Waals surface area contributed by atoms with E-state index in [4.69, 9.17) is 11.6 Å². The van der Waals surface area contributed by atoms with Crippen molar-refractivity contribution in [3.05, 3.63) is 70.8 Å². The summed E-state index contributed by atoms with van der Waals surface area (Å²) < 4.78 is 43.6. The molecule has 0 atom stereocenters. The lowest BCUT2D eigenvalue weighted by molar-refractivity contribution is 0.319. The predicted octanol–water partition coefficient (Wildman–Crippen LogP) is 4.19. The summed E-state index contributed by atoms with van der Waals surface area (Å²) >= 11 is 5.76. The lowest BCUT2D eigenvalue weighted by atomic mass is 10.1. The summed E-state index contributed by atoms with van der Waals surface area (Å²) in [6, 6.07) is 6.35. The highest BCUT2D eigenvalue weighted by molar-refractivity contribution is 6.31. The number of aromatic nitrogens is 4. The summed E-state index contributed by atoms with van der Waals surface area (Å²) in [7, 11) is 0. The number of hydrogen-bond acceptors (Lipinski definition) is 5. The second-order valence-corrected chi connectivity index (χ2v) is 6.83. The van der Waals surface area contributed by atoms with Gasteiger partial charge in [0.15, 0.2) is 17.5 Å². The molecule has 0 bridgehead atoms. The number of nitrogens with one attached hydrogen (secondary N) is 3. The van der Waals surface area contributed by atoms with E-state index in [0.717, 1.165) is 12.1 Å². The summed E-state index contributed by atoms with van der Waals surface area (Å²) in [4.78, 5) is 6.91. The Bertz CT molecular complexity index is 1260. The van der Waals surface area contributed by atoms with Crippen LogP contribution in [0.4, 0.5) is 24.8 Å². The topological polar surface area (TPSA) is 103 Å². The Hall–Kier alpha value is -3.73. The number of halogens is 4. The molecule has 8 nitrogen and oxygen atoms in total. The van der Waals surface area contributed by atoms with Crippen LogP contribution in [-0.2, 0) is 6.54 Å². The molecule has 0 aliphatic carbocycles. The molecule has 4 rings (SSSR count). The van der Waals surface area contributed by atoms with Crippen LogP contribution in [0.3, 0.4) is 0 Å². The number of oxime groups is 1. The Morgan fingerprint density at radius 1 is 1.23 bits per heavy atom. The minimum atomic E-state index is -1.18. The number of fused-ring (bicyclic) bond motifs is 1. The van der Waals surface area contributed by atoms with E-state index < -0.39 is 17.5 Å².